The van der Waals surface area contributed by atoms with Gasteiger partial charge in [-0.05, 0) is 38.0 Å². The Morgan fingerprint density at radius 2 is 1.96 bits per heavy atom. The molecule has 0 aliphatic rings. The molecule has 2 aromatic rings. The smallest absolute Gasteiger partial charge is 0.253 e. The Kier molecular flexibility index (Phi) is 8.26. The molecule has 0 saturated carbocycles. The molecule has 27 heavy (non-hydrogen) atoms. The molecule has 0 spiro atoms. The van der Waals surface area contributed by atoms with Gasteiger partial charge < -0.3 is 15.5 Å². The number of amides is 1. The van der Waals surface area contributed by atoms with Crippen molar-refractivity contribution in [2.75, 3.05) is 27.2 Å². The third-order valence-corrected chi connectivity index (χ3v) is 4.92. The molecule has 0 aliphatic carbocycles. The number of carbonyl (C=O) groups excluding carboxylic acids is 1. The lowest BCUT2D eigenvalue weighted by Gasteiger charge is -2.12. The van der Waals surface area contributed by atoms with Crippen molar-refractivity contribution in [3.05, 3.63) is 51.5 Å². The molecule has 0 bridgehead atoms. The molecule has 146 valence electrons. The van der Waals surface area contributed by atoms with Gasteiger partial charge in [0, 0.05) is 50.2 Å². The summed E-state index contributed by atoms with van der Waals surface area (Å²) in [5.74, 6) is 0.816. The molecule has 0 aliphatic heterocycles. The number of aryl methyl sites for hydroxylation is 2. The van der Waals surface area contributed by atoms with Crippen molar-refractivity contribution in [1.29, 1.82) is 0 Å². The van der Waals surface area contributed by atoms with E-state index in [2.05, 4.69) is 32.9 Å². The van der Waals surface area contributed by atoms with Crippen LogP contribution in [0.4, 0.5) is 0 Å². The lowest BCUT2D eigenvalue weighted by Crippen LogP contribution is -2.37. The van der Waals surface area contributed by atoms with Crippen LogP contribution >= 0.6 is 11.3 Å². The number of hydrogen-bond acceptors (Lipinski definition) is 4. The molecule has 1 amide bonds. The molecule has 1 aromatic heterocycles. The summed E-state index contributed by atoms with van der Waals surface area (Å²) in [6.07, 6.45) is 1.99. The molecular formula is C20H29N5OS. The SMILES string of the molecule is CCNC(=NCc1ccc(C(=O)N(C)C)cc1)NCCCc1nc(C)cs1. The number of rotatable bonds is 8. The number of carbonyl (C=O) groups is 1. The first-order valence-electron chi connectivity index (χ1n) is 9.23. The molecule has 0 saturated heterocycles. The topological polar surface area (TPSA) is 69.6 Å². The van der Waals surface area contributed by atoms with E-state index >= 15 is 0 Å². The van der Waals surface area contributed by atoms with E-state index in [-0.39, 0.29) is 5.91 Å². The van der Waals surface area contributed by atoms with Crippen LogP contribution in [0.2, 0.25) is 0 Å². The zero-order valence-corrected chi connectivity index (χ0v) is 17.4. The summed E-state index contributed by atoms with van der Waals surface area (Å²) >= 11 is 1.72. The third kappa shape index (κ3) is 7.02. The number of aromatic nitrogens is 1. The predicted octanol–water partition coefficient (Wildman–Crippen LogP) is 2.84. The number of benzene rings is 1. The van der Waals surface area contributed by atoms with E-state index in [9.17, 15) is 4.79 Å². The fraction of sp³-hybridized carbons (Fsp3) is 0.450. The number of guanidine groups is 1. The van der Waals surface area contributed by atoms with Crippen molar-refractivity contribution < 1.29 is 4.79 Å². The predicted molar refractivity (Wildman–Crippen MR) is 112 cm³/mol. The van der Waals surface area contributed by atoms with E-state index in [0.717, 1.165) is 43.1 Å². The number of aliphatic imine (C=N–C) groups is 1. The van der Waals surface area contributed by atoms with E-state index in [4.69, 9.17) is 0 Å². The maximum Gasteiger partial charge on any atom is 0.253 e. The third-order valence-electron chi connectivity index (χ3n) is 3.90. The van der Waals surface area contributed by atoms with Gasteiger partial charge >= 0.3 is 0 Å². The first kappa shape index (κ1) is 20.9. The fourth-order valence-electron chi connectivity index (χ4n) is 2.49. The van der Waals surface area contributed by atoms with Gasteiger partial charge in [0.2, 0.25) is 0 Å². The van der Waals surface area contributed by atoms with E-state index in [1.807, 2.05) is 31.2 Å². The standard InChI is InChI=1S/C20H29N5OS/c1-5-21-20(22-12-6-7-18-24-15(2)14-27-18)23-13-16-8-10-17(11-9-16)19(26)25(3)4/h8-11,14H,5-7,12-13H2,1-4H3,(H2,21,22,23). The monoisotopic (exact) mass is 387 g/mol. The van der Waals surface area contributed by atoms with Crippen molar-refractivity contribution in [3.8, 4) is 0 Å². The molecule has 2 N–H and O–H groups in total. The molecule has 0 fully saturated rings. The largest absolute Gasteiger partial charge is 0.357 e. The highest BCUT2D eigenvalue weighted by Crippen LogP contribution is 2.10. The van der Waals surface area contributed by atoms with Crippen LogP contribution in [0.1, 0.15) is 40.0 Å². The summed E-state index contributed by atoms with van der Waals surface area (Å²) in [6.45, 7) is 6.31. The van der Waals surface area contributed by atoms with Gasteiger partial charge in [0.25, 0.3) is 5.91 Å². The average Bonchev–Trinajstić information content (AvgIpc) is 3.08. The maximum absolute atomic E-state index is 11.9. The Labute approximate surface area is 165 Å². The van der Waals surface area contributed by atoms with E-state index in [1.54, 1.807) is 30.3 Å². The molecule has 1 heterocycles. The summed E-state index contributed by atoms with van der Waals surface area (Å²) in [5.41, 5.74) is 2.85. The number of nitrogens with one attached hydrogen (secondary N) is 2. The highest BCUT2D eigenvalue weighted by atomic mass is 32.1. The Hall–Kier alpha value is -2.41. The molecule has 6 nitrogen and oxygen atoms in total. The minimum absolute atomic E-state index is 0.00970. The van der Waals surface area contributed by atoms with Crippen LogP contribution < -0.4 is 10.6 Å². The van der Waals surface area contributed by atoms with Crippen LogP contribution in [-0.2, 0) is 13.0 Å². The highest BCUT2D eigenvalue weighted by Gasteiger charge is 2.07. The van der Waals surface area contributed by atoms with Crippen molar-refractivity contribution in [1.82, 2.24) is 20.5 Å². The van der Waals surface area contributed by atoms with Gasteiger partial charge in [0.1, 0.15) is 0 Å². The lowest BCUT2D eigenvalue weighted by molar-refractivity contribution is 0.0827. The molecule has 7 heteroatoms. The quantitative estimate of drug-likeness (QED) is 0.415. The van der Waals surface area contributed by atoms with Gasteiger partial charge in [0.15, 0.2) is 5.96 Å². The Balaban J connectivity index is 1.84. The molecule has 1 aromatic carbocycles. The zero-order valence-electron chi connectivity index (χ0n) is 16.6. The number of thiazole rings is 1. The van der Waals surface area contributed by atoms with E-state index in [1.165, 1.54) is 5.01 Å². The Bertz CT molecular complexity index is 752. The van der Waals surface area contributed by atoms with Crippen molar-refractivity contribution >= 4 is 23.2 Å². The second-order valence-electron chi connectivity index (χ2n) is 6.50. The average molecular weight is 388 g/mol. The van der Waals surface area contributed by atoms with Crippen molar-refractivity contribution in [2.45, 2.75) is 33.2 Å². The molecule has 0 unspecified atom stereocenters. The maximum atomic E-state index is 11.9. The first-order valence-corrected chi connectivity index (χ1v) is 10.1. The van der Waals surface area contributed by atoms with Gasteiger partial charge in [-0.2, -0.15) is 0 Å². The van der Waals surface area contributed by atoms with Gasteiger partial charge in [-0.1, -0.05) is 12.1 Å². The van der Waals surface area contributed by atoms with Gasteiger partial charge in [-0.15, -0.1) is 11.3 Å². The van der Waals surface area contributed by atoms with E-state index in [0.29, 0.717) is 12.1 Å². The second kappa shape index (κ2) is 10.7. The first-order chi connectivity index (χ1) is 13.0. The lowest BCUT2D eigenvalue weighted by atomic mass is 10.1. The summed E-state index contributed by atoms with van der Waals surface area (Å²) in [7, 11) is 3.51. The molecular weight excluding hydrogens is 358 g/mol. The van der Waals surface area contributed by atoms with Crippen LogP contribution in [-0.4, -0.2) is 48.9 Å². The van der Waals surface area contributed by atoms with Crippen molar-refractivity contribution in [3.63, 3.8) is 0 Å². The molecule has 0 atom stereocenters. The second-order valence-corrected chi connectivity index (χ2v) is 7.45. The number of nitrogens with zero attached hydrogens (tertiary/aromatic N) is 3. The fourth-order valence-corrected chi connectivity index (χ4v) is 3.31. The minimum Gasteiger partial charge on any atom is -0.357 e. The summed E-state index contributed by atoms with van der Waals surface area (Å²) in [5, 5.41) is 9.91. The Morgan fingerprint density at radius 3 is 2.56 bits per heavy atom. The van der Waals surface area contributed by atoms with E-state index < -0.39 is 0 Å². The van der Waals surface area contributed by atoms with Gasteiger partial charge in [-0.3, -0.25) is 4.79 Å². The van der Waals surface area contributed by atoms with Gasteiger partial charge in [0.05, 0.1) is 11.6 Å². The Morgan fingerprint density at radius 1 is 1.22 bits per heavy atom. The summed E-state index contributed by atoms with van der Waals surface area (Å²) in [6, 6.07) is 7.61. The molecule has 2 rings (SSSR count). The zero-order chi connectivity index (χ0) is 19.6. The van der Waals surface area contributed by atoms with Crippen LogP contribution in [0.15, 0.2) is 34.6 Å². The summed E-state index contributed by atoms with van der Waals surface area (Å²) in [4.78, 5) is 22.6. The normalized spacial score (nSPS) is 11.3. The van der Waals surface area contributed by atoms with Gasteiger partial charge in [-0.25, -0.2) is 9.98 Å². The van der Waals surface area contributed by atoms with Crippen LogP contribution in [0, 0.1) is 6.92 Å². The number of hydrogen-bond donors (Lipinski definition) is 2. The highest BCUT2D eigenvalue weighted by molar-refractivity contribution is 7.09. The van der Waals surface area contributed by atoms with Crippen LogP contribution in [0.5, 0.6) is 0 Å². The minimum atomic E-state index is 0.00970. The summed E-state index contributed by atoms with van der Waals surface area (Å²) < 4.78 is 0. The van der Waals surface area contributed by atoms with Crippen molar-refractivity contribution in [2.24, 2.45) is 4.99 Å². The molecule has 0 radical (unpaired) electrons. The van der Waals surface area contributed by atoms with Crippen LogP contribution in [0.3, 0.4) is 0 Å². The van der Waals surface area contributed by atoms with Crippen LogP contribution in [0.25, 0.3) is 0 Å².